The molecule has 154 valence electrons. The molecule has 0 radical (unpaired) electrons. The molecule has 2 aromatic carbocycles. The highest BCUT2D eigenvalue weighted by Crippen LogP contribution is 2.23. The first kappa shape index (κ1) is 20.4. The number of nitro groups is 1. The number of hydrogen-bond donors (Lipinski definition) is 1. The highest BCUT2D eigenvalue weighted by molar-refractivity contribution is 5.48. The van der Waals surface area contributed by atoms with E-state index in [1.807, 2.05) is 36.4 Å². The third-order valence-corrected chi connectivity index (χ3v) is 4.05. The number of aromatic nitrogens is 4. The molecule has 0 fully saturated rings. The predicted octanol–water partition coefficient (Wildman–Crippen LogP) is 3.25. The number of nitrogens with two attached hydrogens (primary N) is 1. The van der Waals surface area contributed by atoms with Gasteiger partial charge in [-0.05, 0) is 24.3 Å². The van der Waals surface area contributed by atoms with Crippen molar-refractivity contribution >= 4 is 11.4 Å². The molecule has 0 aliphatic carbocycles. The Bertz CT molecular complexity index is 1140. The van der Waals surface area contributed by atoms with Crippen molar-refractivity contribution < 1.29 is 14.4 Å². The highest BCUT2D eigenvalue weighted by atomic mass is 16.6. The Morgan fingerprint density at radius 1 is 0.867 bits per heavy atom. The van der Waals surface area contributed by atoms with Crippen LogP contribution in [-0.4, -0.2) is 38.7 Å². The maximum atomic E-state index is 10.5. The molecule has 4 aromatic rings. The summed E-state index contributed by atoms with van der Waals surface area (Å²) in [4.78, 5) is 10.0. The summed E-state index contributed by atoms with van der Waals surface area (Å²) >= 11 is 0. The van der Waals surface area contributed by atoms with E-state index in [1.54, 1.807) is 36.3 Å². The number of nitrogens with zero attached hydrogens (tertiary/aromatic N) is 5. The molecule has 2 N–H and O–H groups in total. The smallest absolute Gasteiger partial charge is 0.307 e. The van der Waals surface area contributed by atoms with E-state index < -0.39 is 4.92 Å². The van der Waals surface area contributed by atoms with Gasteiger partial charge in [0, 0.05) is 0 Å². The van der Waals surface area contributed by atoms with Gasteiger partial charge >= 0.3 is 5.69 Å². The van der Waals surface area contributed by atoms with Crippen LogP contribution in [0.3, 0.4) is 0 Å². The van der Waals surface area contributed by atoms with Gasteiger partial charge in [0.2, 0.25) is 0 Å². The summed E-state index contributed by atoms with van der Waals surface area (Å²) in [5.74, 6) is 1.39. The normalized spacial score (nSPS) is 10.1. The fourth-order valence-corrected chi connectivity index (χ4v) is 2.65. The van der Waals surface area contributed by atoms with E-state index in [-0.39, 0.29) is 5.69 Å². The summed E-state index contributed by atoms with van der Waals surface area (Å²) in [5, 5.41) is 18.5. The molecule has 0 aliphatic rings. The SMILES string of the molecule is COc1ccccc1-n1cc(N)cn1.COc1ccccc1-n1cc([N+](=O)[O-])cn1. The molecule has 0 saturated carbocycles. The van der Waals surface area contributed by atoms with Crippen LogP contribution in [0.4, 0.5) is 11.4 Å². The monoisotopic (exact) mass is 408 g/mol. The average Bonchev–Trinajstić information content (AvgIpc) is 3.43. The van der Waals surface area contributed by atoms with Gasteiger partial charge in [0.1, 0.15) is 35.3 Å². The molecule has 0 amide bonds. The zero-order chi connectivity index (χ0) is 21.5. The summed E-state index contributed by atoms with van der Waals surface area (Å²) < 4.78 is 13.4. The van der Waals surface area contributed by atoms with Gasteiger partial charge in [-0.2, -0.15) is 10.2 Å². The molecule has 0 spiro atoms. The molecule has 4 rings (SSSR count). The standard InChI is InChI=1S/C10H9N3O3.C10H11N3O/c1-16-10-5-3-2-4-9(10)12-7-8(6-11-12)13(14)15;1-14-10-5-3-2-4-9(10)13-7-8(11)6-12-13/h2-7H,1H3;2-7H,11H2,1H3. The summed E-state index contributed by atoms with van der Waals surface area (Å²) in [5.41, 5.74) is 7.71. The van der Waals surface area contributed by atoms with Crippen molar-refractivity contribution in [2.75, 3.05) is 20.0 Å². The molecule has 2 heterocycles. The van der Waals surface area contributed by atoms with Crippen LogP contribution < -0.4 is 15.2 Å². The summed E-state index contributed by atoms with van der Waals surface area (Å²) in [6.45, 7) is 0. The van der Waals surface area contributed by atoms with Crippen LogP contribution in [0.5, 0.6) is 11.5 Å². The third-order valence-electron chi connectivity index (χ3n) is 4.05. The first-order chi connectivity index (χ1) is 14.5. The number of ether oxygens (including phenoxy) is 2. The number of para-hydroxylation sites is 4. The van der Waals surface area contributed by atoms with Crippen LogP contribution in [0.25, 0.3) is 11.4 Å². The van der Waals surface area contributed by atoms with E-state index in [2.05, 4.69) is 10.2 Å². The Labute approximate surface area is 172 Å². The lowest BCUT2D eigenvalue weighted by atomic mass is 10.3. The molecule has 0 unspecified atom stereocenters. The fraction of sp³-hybridized carbons (Fsp3) is 0.100. The van der Waals surface area contributed by atoms with Crippen molar-refractivity contribution in [1.29, 1.82) is 0 Å². The first-order valence-corrected chi connectivity index (χ1v) is 8.79. The second-order valence-corrected chi connectivity index (χ2v) is 5.96. The van der Waals surface area contributed by atoms with Crippen LogP contribution in [0.15, 0.2) is 73.3 Å². The minimum Gasteiger partial charge on any atom is -0.494 e. The molecular formula is C20H20N6O4. The van der Waals surface area contributed by atoms with Gasteiger partial charge in [0.05, 0.1) is 37.2 Å². The van der Waals surface area contributed by atoms with Crippen LogP contribution in [0.1, 0.15) is 0 Å². The van der Waals surface area contributed by atoms with E-state index in [0.717, 1.165) is 11.4 Å². The Hall–Kier alpha value is -4.34. The molecule has 10 nitrogen and oxygen atoms in total. The molecule has 30 heavy (non-hydrogen) atoms. The van der Waals surface area contributed by atoms with Gasteiger partial charge in [-0.25, -0.2) is 9.36 Å². The largest absolute Gasteiger partial charge is 0.494 e. The molecule has 2 aromatic heterocycles. The fourth-order valence-electron chi connectivity index (χ4n) is 2.65. The topological polar surface area (TPSA) is 123 Å². The van der Waals surface area contributed by atoms with Crippen molar-refractivity contribution in [2.24, 2.45) is 0 Å². The number of rotatable bonds is 5. The Morgan fingerprint density at radius 2 is 1.37 bits per heavy atom. The second-order valence-electron chi connectivity index (χ2n) is 5.96. The van der Waals surface area contributed by atoms with E-state index >= 15 is 0 Å². The van der Waals surface area contributed by atoms with Gasteiger partial charge in [-0.1, -0.05) is 24.3 Å². The van der Waals surface area contributed by atoms with Gasteiger partial charge in [0.25, 0.3) is 0 Å². The van der Waals surface area contributed by atoms with E-state index in [9.17, 15) is 10.1 Å². The van der Waals surface area contributed by atoms with Gasteiger partial charge in [-0.15, -0.1) is 0 Å². The van der Waals surface area contributed by atoms with Gasteiger partial charge < -0.3 is 15.2 Å². The molecule has 0 aliphatic heterocycles. The average molecular weight is 408 g/mol. The second kappa shape index (κ2) is 9.24. The van der Waals surface area contributed by atoms with Crippen LogP contribution in [0.2, 0.25) is 0 Å². The molecule has 0 bridgehead atoms. The first-order valence-electron chi connectivity index (χ1n) is 8.79. The van der Waals surface area contributed by atoms with Crippen LogP contribution >= 0.6 is 0 Å². The predicted molar refractivity (Wildman–Crippen MR) is 111 cm³/mol. The maximum absolute atomic E-state index is 10.5. The minimum atomic E-state index is -0.487. The number of hydrogen-bond acceptors (Lipinski definition) is 7. The Morgan fingerprint density at radius 3 is 1.80 bits per heavy atom. The van der Waals surface area contributed by atoms with E-state index in [0.29, 0.717) is 17.1 Å². The maximum Gasteiger partial charge on any atom is 0.307 e. The summed E-state index contributed by atoms with van der Waals surface area (Å²) in [6.07, 6.45) is 5.90. The van der Waals surface area contributed by atoms with Crippen LogP contribution in [-0.2, 0) is 0 Å². The molecule has 10 heteroatoms. The van der Waals surface area contributed by atoms with Crippen molar-refractivity contribution in [3.05, 3.63) is 83.4 Å². The molecule has 0 atom stereocenters. The van der Waals surface area contributed by atoms with E-state index in [4.69, 9.17) is 15.2 Å². The van der Waals surface area contributed by atoms with Crippen molar-refractivity contribution in [1.82, 2.24) is 19.6 Å². The van der Waals surface area contributed by atoms with Gasteiger partial charge in [0.15, 0.2) is 0 Å². The number of nitrogen functional groups attached to an aromatic ring is 1. The number of methoxy groups -OCH3 is 2. The lowest BCUT2D eigenvalue weighted by molar-refractivity contribution is -0.384. The van der Waals surface area contributed by atoms with Gasteiger partial charge in [-0.3, -0.25) is 10.1 Å². The Kier molecular flexibility index (Phi) is 6.28. The van der Waals surface area contributed by atoms with Crippen molar-refractivity contribution in [3.63, 3.8) is 0 Å². The Balaban J connectivity index is 0.000000172. The van der Waals surface area contributed by atoms with Crippen molar-refractivity contribution in [3.8, 4) is 22.9 Å². The lowest BCUT2D eigenvalue weighted by Crippen LogP contribution is -1.97. The third kappa shape index (κ3) is 4.55. The van der Waals surface area contributed by atoms with Crippen molar-refractivity contribution in [2.45, 2.75) is 0 Å². The van der Waals surface area contributed by atoms with E-state index in [1.165, 1.54) is 24.2 Å². The molecular weight excluding hydrogens is 388 g/mol. The van der Waals surface area contributed by atoms with Crippen LogP contribution in [0, 0.1) is 10.1 Å². The summed E-state index contributed by atoms with van der Waals surface area (Å²) in [7, 11) is 3.17. The number of anilines is 1. The molecule has 0 saturated heterocycles. The quantitative estimate of drug-likeness (QED) is 0.397. The minimum absolute atomic E-state index is 0.0501. The summed E-state index contributed by atoms with van der Waals surface area (Å²) in [6, 6.07) is 14.8. The number of benzene rings is 2. The zero-order valence-corrected chi connectivity index (χ0v) is 16.4. The highest BCUT2D eigenvalue weighted by Gasteiger charge is 2.12. The zero-order valence-electron chi connectivity index (χ0n) is 16.4. The lowest BCUT2D eigenvalue weighted by Gasteiger charge is -2.06.